The Morgan fingerprint density at radius 3 is 2.53 bits per heavy atom. The van der Waals surface area contributed by atoms with Crippen LogP contribution < -0.4 is 10.9 Å². The lowest BCUT2D eigenvalue weighted by atomic mass is 10.1. The van der Waals surface area contributed by atoms with Crippen molar-refractivity contribution in [2.24, 2.45) is 0 Å². The number of H-pyrrole nitrogens is 1. The smallest absolute Gasteiger partial charge is 0.252 e. The number of aromatic amines is 1. The first-order valence-corrected chi connectivity index (χ1v) is 5.86. The van der Waals surface area contributed by atoms with E-state index in [1.54, 1.807) is 12.1 Å². The van der Waals surface area contributed by atoms with Crippen LogP contribution in [-0.4, -0.2) is 17.4 Å². The molecular formula is C14H13FN2O2. The molecule has 0 unspecified atom stereocenters. The van der Waals surface area contributed by atoms with Gasteiger partial charge in [-0.15, -0.1) is 0 Å². The van der Waals surface area contributed by atoms with Crippen LogP contribution in [0.4, 0.5) is 4.39 Å². The highest BCUT2D eigenvalue weighted by Gasteiger charge is 2.04. The van der Waals surface area contributed by atoms with E-state index < -0.39 is 0 Å². The average Bonchev–Trinajstić information content (AvgIpc) is 2.41. The zero-order chi connectivity index (χ0) is 13.7. The van der Waals surface area contributed by atoms with Crippen LogP contribution in [0.1, 0.15) is 15.9 Å². The molecule has 0 aliphatic rings. The van der Waals surface area contributed by atoms with Gasteiger partial charge in [-0.3, -0.25) is 9.59 Å². The van der Waals surface area contributed by atoms with Crippen molar-refractivity contribution in [3.63, 3.8) is 0 Å². The molecule has 1 amide bonds. The lowest BCUT2D eigenvalue weighted by Gasteiger charge is -2.05. The van der Waals surface area contributed by atoms with Gasteiger partial charge in [-0.25, -0.2) is 4.39 Å². The molecule has 0 spiro atoms. The molecule has 0 aliphatic carbocycles. The first-order chi connectivity index (χ1) is 9.15. The topological polar surface area (TPSA) is 62.0 Å². The Bertz CT molecular complexity index is 600. The normalized spacial score (nSPS) is 10.2. The van der Waals surface area contributed by atoms with Gasteiger partial charge >= 0.3 is 0 Å². The molecule has 0 saturated carbocycles. The van der Waals surface area contributed by atoms with E-state index in [0.29, 0.717) is 18.5 Å². The van der Waals surface area contributed by atoms with Crippen molar-refractivity contribution in [3.8, 4) is 0 Å². The highest BCUT2D eigenvalue weighted by molar-refractivity contribution is 5.93. The number of hydrogen-bond acceptors (Lipinski definition) is 2. The molecule has 0 aliphatic heterocycles. The third-order valence-corrected chi connectivity index (χ3v) is 2.66. The number of aromatic nitrogens is 1. The summed E-state index contributed by atoms with van der Waals surface area (Å²) in [5, 5.41) is 2.73. The fourth-order valence-electron chi connectivity index (χ4n) is 1.63. The van der Waals surface area contributed by atoms with Crippen LogP contribution in [0.2, 0.25) is 0 Å². The Balaban J connectivity index is 1.85. The van der Waals surface area contributed by atoms with E-state index in [1.807, 2.05) is 0 Å². The summed E-state index contributed by atoms with van der Waals surface area (Å²) in [4.78, 5) is 25.0. The monoisotopic (exact) mass is 260 g/mol. The molecule has 2 N–H and O–H groups in total. The predicted molar refractivity (Wildman–Crippen MR) is 69.5 cm³/mol. The molecule has 5 heteroatoms. The summed E-state index contributed by atoms with van der Waals surface area (Å²) >= 11 is 0. The minimum Gasteiger partial charge on any atom is -0.352 e. The van der Waals surface area contributed by atoms with Crippen molar-refractivity contribution in [1.82, 2.24) is 10.3 Å². The summed E-state index contributed by atoms with van der Waals surface area (Å²) < 4.78 is 12.7. The second-order valence-corrected chi connectivity index (χ2v) is 4.07. The molecule has 19 heavy (non-hydrogen) atoms. The number of rotatable bonds is 4. The van der Waals surface area contributed by atoms with Gasteiger partial charge in [0.05, 0.1) is 5.56 Å². The molecule has 0 fully saturated rings. The number of hydrogen-bond donors (Lipinski definition) is 2. The Morgan fingerprint density at radius 1 is 1.16 bits per heavy atom. The molecule has 1 heterocycles. The molecule has 2 aromatic rings. The molecule has 0 atom stereocenters. The molecule has 0 radical (unpaired) electrons. The van der Waals surface area contributed by atoms with Gasteiger partial charge in [-0.05, 0) is 30.2 Å². The number of pyridine rings is 1. The van der Waals surface area contributed by atoms with Gasteiger partial charge in [-0.2, -0.15) is 0 Å². The predicted octanol–water partition coefficient (Wildman–Crippen LogP) is 1.49. The number of benzene rings is 1. The third-order valence-electron chi connectivity index (χ3n) is 2.66. The number of carbonyl (C=O) groups excluding carboxylic acids is 1. The SMILES string of the molecule is O=C(NCCc1ccc(F)cc1)c1ccc(=O)[nH]c1. The Morgan fingerprint density at radius 2 is 1.89 bits per heavy atom. The van der Waals surface area contributed by atoms with E-state index >= 15 is 0 Å². The van der Waals surface area contributed by atoms with E-state index in [1.165, 1.54) is 30.5 Å². The van der Waals surface area contributed by atoms with Crippen molar-refractivity contribution in [3.05, 3.63) is 69.9 Å². The van der Waals surface area contributed by atoms with Crippen LogP contribution in [0.3, 0.4) is 0 Å². The Hall–Kier alpha value is -2.43. The van der Waals surface area contributed by atoms with Gasteiger partial charge in [0.2, 0.25) is 5.56 Å². The molecule has 1 aromatic heterocycles. The highest BCUT2D eigenvalue weighted by atomic mass is 19.1. The van der Waals surface area contributed by atoms with Crippen molar-refractivity contribution in [2.45, 2.75) is 6.42 Å². The molecule has 0 saturated heterocycles. The summed E-state index contributed by atoms with van der Waals surface area (Å²) in [6.07, 6.45) is 1.99. The van der Waals surface area contributed by atoms with Crippen molar-refractivity contribution in [1.29, 1.82) is 0 Å². The Labute approximate surface area is 109 Å². The number of halogens is 1. The second kappa shape index (κ2) is 5.95. The Kier molecular flexibility index (Phi) is 4.07. The first-order valence-electron chi connectivity index (χ1n) is 5.86. The van der Waals surface area contributed by atoms with Crippen LogP contribution in [0.15, 0.2) is 47.4 Å². The maximum absolute atomic E-state index is 12.7. The van der Waals surface area contributed by atoms with E-state index in [-0.39, 0.29) is 17.3 Å². The van der Waals surface area contributed by atoms with Crippen molar-refractivity contribution in [2.75, 3.05) is 6.54 Å². The third kappa shape index (κ3) is 3.77. The zero-order valence-electron chi connectivity index (χ0n) is 10.2. The lowest BCUT2D eigenvalue weighted by Crippen LogP contribution is -2.26. The van der Waals surface area contributed by atoms with Crippen molar-refractivity contribution < 1.29 is 9.18 Å². The van der Waals surface area contributed by atoms with Gasteiger partial charge in [0, 0.05) is 18.8 Å². The fourth-order valence-corrected chi connectivity index (χ4v) is 1.63. The minimum atomic E-state index is -0.277. The number of amides is 1. The van der Waals surface area contributed by atoms with E-state index in [2.05, 4.69) is 10.3 Å². The summed E-state index contributed by atoms with van der Waals surface area (Å²) in [5.74, 6) is -0.528. The van der Waals surface area contributed by atoms with Crippen LogP contribution in [-0.2, 0) is 6.42 Å². The summed E-state index contributed by atoms with van der Waals surface area (Å²) in [7, 11) is 0. The van der Waals surface area contributed by atoms with Gasteiger partial charge in [-0.1, -0.05) is 12.1 Å². The number of carbonyl (C=O) groups is 1. The zero-order valence-corrected chi connectivity index (χ0v) is 10.2. The molecule has 1 aromatic carbocycles. The second-order valence-electron chi connectivity index (χ2n) is 4.07. The molecule has 4 nitrogen and oxygen atoms in total. The maximum atomic E-state index is 12.7. The van der Waals surface area contributed by atoms with Crippen LogP contribution in [0.25, 0.3) is 0 Å². The van der Waals surface area contributed by atoms with Crippen LogP contribution in [0, 0.1) is 5.82 Å². The van der Waals surface area contributed by atoms with E-state index in [4.69, 9.17) is 0 Å². The highest BCUT2D eigenvalue weighted by Crippen LogP contribution is 2.03. The molecule has 2 rings (SSSR count). The van der Waals surface area contributed by atoms with Gasteiger partial charge in [0.15, 0.2) is 0 Å². The van der Waals surface area contributed by atoms with Crippen molar-refractivity contribution >= 4 is 5.91 Å². The van der Waals surface area contributed by atoms with Gasteiger partial charge in [0.25, 0.3) is 5.91 Å². The average molecular weight is 260 g/mol. The van der Waals surface area contributed by atoms with Crippen LogP contribution in [0.5, 0.6) is 0 Å². The fraction of sp³-hybridized carbons (Fsp3) is 0.143. The first kappa shape index (κ1) is 13.0. The summed E-state index contributed by atoms with van der Waals surface area (Å²) in [5.41, 5.74) is 1.10. The van der Waals surface area contributed by atoms with Crippen LogP contribution >= 0.6 is 0 Å². The molecule has 0 bridgehead atoms. The van der Waals surface area contributed by atoms with Gasteiger partial charge in [0.1, 0.15) is 5.82 Å². The lowest BCUT2D eigenvalue weighted by molar-refractivity contribution is 0.0953. The summed E-state index contributed by atoms with van der Waals surface area (Å²) in [6.45, 7) is 0.448. The van der Waals surface area contributed by atoms with E-state index in [0.717, 1.165) is 5.56 Å². The van der Waals surface area contributed by atoms with E-state index in [9.17, 15) is 14.0 Å². The maximum Gasteiger partial charge on any atom is 0.252 e. The standard InChI is InChI=1S/C14H13FN2O2/c15-12-4-1-10(2-5-12)7-8-16-14(19)11-3-6-13(18)17-9-11/h1-6,9H,7-8H2,(H,16,19)(H,17,18). The quantitative estimate of drug-likeness (QED) is 0.874. The minimum absolute atomic E-state index is 0.247. The molecule has 98 valence electrons. The number of nitrogens with one attached hydrogen (secondary N) is 2. The van der Waals surface area contributed by atoms with Gasteiger partial charge < -0.3 is 10.3 Å². The summed E-state index contributed by atoms with van der Waals surface area (Å²) in [6, 6.07) is 8.90. The molecular weight excluding hydrogens is 247 g/mol. The largest absolute Gasteiger partial charge is 0.352 e.